The number of para-hydroxylation sites is 1. The van der Waals surface area contributed by atoms with Crippen LogP contribution in [0.15, 0.2) is 46.9 Å². The van der Waals surface area contributed by atoms with E-state index in [-0.39, 0.29) is 19.0 Å². The van der Waals surface area contributed by atoms with E-state index in [2.05, 4.69) is 21.2 Å². The number of sulfonamides is 1. The molecular formula is C19H23BrN2O3S. The molecule has 1 N–H and O–H groups in total. The Morgan fingerprint density at radius 3 is 2.38 bits per heavy atom. The van der Waals surface area contributed by atoms with Crippen molar-refractivity contribution in [1.29, 1.82) is 0 Å². The Morgan fingerprint density at radius 2 is 1.81 bits per heavy atom. The molecule has 0 aliphatic carbocycles. The average molecular weight is 439 g/mol. The van der Waals surface area contributed by atoms with Crippen molar-refractivity contribution in [1.82, 2.24) is 4.31 Å². The van der Waals surface area contributed by atoms with Gasteiger partial charge in [0.15, 0.2) is 0 Å². The van der Waals surface area contributed by atoms with Crippen molar-refractivity contribution in [2.24, 2.45) is 0 Å². The topological polar surface area (TPSA) is 66.5 Å². The highest BCUT2D eigenvalue weighted by molar-refractivity contribution is 9.10. The summed E-state index contributed by atoms with van der Waals surface area (Å²) in [6.45, 7) is 3.85. The number of aryl methyl sites for hydroxylation is 2. The molecular weight excluding hydrogens is 416 g/mol. The van der Waals surface area contributed by atoms with Gasteiger partial charge < -0.3 is 5.32 Å². The number of rotatable bonds is 7. The maximum Gasteiger partial charge on any atom is 0.239 e. The first-order valence-electron chi connectivity index (χ1n) is 8.28. The molecule has 0 bridgehead atoms. The highest BCUT2D eigenvalue weighted by atomic mass is 79.9. The number of benzene rings is 2. The van der Waals surface area contributed by atoms with Crippen LogP contribution in [0.3, 0.4) is 0 Å². The van der Waals surface area contributed by atoms with Crippen LogP contribution in [0.25, 0.3) is 0 Å². The van der Waals surface area contributed by atoms with Crippen LogP contribution in [0.5, 0.6) is 0 Å². The summed E-state index contributed by atoms with van der Waals surface area (Å²) in [5.74, 6) is -0.350. The molecule has 0 spiro atoms. The van der Waals surface area contributed by atoms with Crippen LogP contribution >= 0.6 is 15.9 Å². The van der Waals surface area contributed by atoms with E-state index >= 15 is 0 Å². The summed E-state index contributed by atoms with van der Waals surface area (Å²) in [6, 6.07) is 13.2. The van der Waals surface area contributed by atoms with Gasteiger partial charge in [-0.25, -0.2) is 8.42 Å². The van der Waals surface area contributed by atoms with Crippen LogP contribution in [0, 0.1) is 6.92 Å². The van der Waals surface area contributed by atoms with Crippen molar-refractivity contribution < 1.29 is 13.2 Å². The van der Waals surface area contributed by atoms with Gasteiger partial charge in [-0.3, -0.25) is 4.79 Å². The fourth-order valence-corrected chi connectivity index (χ4v) is 3.62. The molecule has 2 aromatic rings. The van der Waals surface area contributed by atoms with Crippen molar-refractivity contribution in [3.05, 3.63) is 63.6 Å². The van der Waals surface area contributed by atoms with Crippen LogP contribution in [0.1, 0.15) is 23.6 Å². The van der Waals surface area contributed by atoms with Crippen LogP contribution in [0.4, 0.5) is 5.69 Å². The Morgan fingerprint density at radius 1 is 1.15 bits per heavy atom. The van der Waals surface area contributed by atoms with E-state index in [1.807, 2.05) is 56.3 Å². The van der Waals surface area contributed by atoms with Gasteiger partial charge in [-0.2, -0.15) is 4.31 Å². The van der Waals surface area contributed by atoms with Gasteiger partial charge in [-0.05, 0) is 42.2 Å². The van der Waals surface area contributed by atoms with Gasteiger partial charge in [0.25, 0.3) is 0 Å². The van der Waals surface area contributed by atoms with E-state index in [1.54, 1.807) is 0 Å². The second kappa shape index (κ2) is 8.79. The summed E-state index contributed by atoms with van der Waals surface area (Å²) in [6.07, 6.45) is 1.90. The van der Waals surface area contributed by atoms with Crippen molar-refractivity contribution in [3.63, 3.8) is 0 Å². The van der Waals surface area contributed by atoms with E-state index in [9.17, 15) is 13.2 Å². The molecule has 0 radical (unpaired) electrons. The number of anilines is 1. The van der Waals surface area contributed by atoms with E-state index in [0.29, 0.717) is 0 Å². The van der Waals surface area contributed by atoms with Gasteiger partial charge in [0.05, 0.1) is 12.8 Å². The zero-order chi connectivity index (χ0) is 19.3. The number of hydrogen-bond donors (Lipinski definition) is 1. The fraction of sp³-hybridized carbons (Fsp3) is 0.316. The lowest BCUT2D eigenvalue weighted by Gasteiger charge is -2.20. The molecule has 2 rings (SSSR count). The Labute approximate surface area is 163 Å². The van der Waals surface area contributed by atoms with Crippen molar-refractivity contribution in [2.75, 3.05) is 18.1 Å². The molecule has 0 saturated carbocycles. The van der Waals surface area contributed by atoms with E-state index in [4.69, 9.17) is 0 Å². The zero-order valence-electron chi connectivity index (χ0n) is 15.1. The minimum Gasteiger partial charge on any atom is -0.324 e. The summed E-state index contributed by atoms with van der Waals surface area (Å²) >= 11 is 3.35. The Bertz CT molecular complexity index is 880. The monoisotopic (exact) mass is 438 g/mol. The molecule has 0 saturated heterocycles. The lowest BCUT2D eigenvalue weighted by molar-refractivity contribution is -0.116. The van der Waals surface area contributed by atoms with E-state index < -0.39 is 10.0 Å². The average Bonchev–Trinajstić information content (AvgIpc) is 2.57. The minimum absolute atomic E-state index is 0.147. The highest BCUT2D eigenvalue weighted by Gasteiger charge is 2.21. The second-order valence-corrected chi connectivity index (χ2v) is 9.07. The number of hydrogen-bond acceptors (Lipinski definition) is 3. The molecule has 140 valence electrons. The van der Waals surface area contributed by atoms with E-state index in [1.165, 1.54) is 4.31 Å². The van der Waals surface area contributed by atoms with Crippen LogP contribution in [-0.2, 0) is 27.8 Å². The lowest BCUT2D eigenvalue weighted by Crippen LogP contribution is -2.37. The van der Waals surface area contributed by atoms with Crippen LogP contribution in [-0.4, -0.2) is 31.4 Å². The first kappa shape index (κ1) is 20.6. The highest BCUT2D eigenvalue weighted by Crippen LogP contribution is 2.21. The molecule has 0 aliphatic heterocycles. The summed E-state index contributed by atoms with van der Waals surface area (Å²) in [5, 5.41) is 2.87. The maximum atomic E-state index is 12.5. The predicted molar refractivity (Wildman–Crippen MR) is 109 cm³/mol. The molecule has 2 aromatic carbocycles. The normalized spacial score (nSPS) is 11.6. The number of carbonyl (C=O) groups is 1. The van der Waals surface area contributed by atoms with Crippen LogP contribution < -0.4 is 5.32 Å². The quantitative estimate of drug-likeness (QED) is 0.715. The van der Waals surface area contributed by atoms with Gasteiger partial charge in [0.2, 0.25) is 15.9 Å². The van der Waals surface area contributed by atoms with Gasteiger partial charge in [-0.1, -0.05) is 53.2 Å². The third-order valence-electron chi connectivity index (χ3n) is 4.07. The number of halogens is 1. The second-order valence-electron chi connectivity index (χ2n) is 6.17. The van der Waals surface area contributed by atoms with Crippen molar-refractivity contribution >= 4 is 37.5 Å². The smallest absolute Gasteiger partial charge is 0.239 e. The number of carbonyl (C=O) groups excluding carboxylic acids is 1. The third kappa shape index (κ3) is 5.65. The largest absolute Gasteiger partial charge is 0.324 e. The molecule has 0 heterocycles. The third-order valence-corrected chi connectivity index (χ3v) is 5.79. The first-order valence-corrected chi connectivity index (χ1v) is 10.9. The molecule has 0 aromatic heterocycles. The number of amides is 1. The molecule has 0 aliphatic rings. The minimum atomic E-state index is -3.53. The maximum absolute atomic E-state index is 12.5. The predicted octanol–water partition coefficient (Wildman–Crippen LogP) is 3.72. The molecule has 0 unspecified atom stereocenters. The standard InChI is InChI=1S/C19H23BrN2O3S/c1-4-16-7-5-6-14(2)19(16)21-18(23)13-22(26(3,24)25)12-15-8-10-17(20)11-9-15/h5-11H,4,12-13H2,1-3H3,(H,21,23). The lowest BCUT2D eigenvalue weighted by atomic mass is 10.1. The van der Waals surface area contributed by atoms with Gasteiger partial charge >= 0.3 is 0 Å². The van der Waals surface area contributed by atoms with Gasteiger partial charge in [0, 0.05) is 16.7 Å². The van der Waals surface area contributed by atoms with Gasteiger partial charge in [0.1, 0.15) is 0 Å². The molecule has 0 atom stereocenters. The molecule has 0 fully saturated rings. The molecule has 5 nitrogen and oxygen atoms in total. The Hall–Kier alpha value is -1.70. The summed E-state index contributed by atoms with van der Waals surface area (Å²) in [4.78, 5) is 12.5. The zero-order valence-corrected chi connectivity index (χ0v) is 17.5. The number of nitrogens with zero attached hydrogens (tertiary/aromatic N) is 1. The van der Waals surface area contributed by atoms with E-state index in [0.717, 1.165) is 39.5 Å². The Balaban J connectivity index is 2.16. The number of nitrogens with one attached hydrogen (secondary N) is 1. The molecule has 26 heavy (non-hydrogen) atoms. The first-order chi connectivity index (χ1) is 12.2. The SMILES string of the molecule is CCc1cccc(C)c1NC(=O)CN(Cc1ccc(Br)cc1)S(C)(=O)=O. The van der Waals surface area contributed by atoms with Crippen molar-refractivity contribution in [3.8, 4) is 0 Å². The van der Waals surface area contributed by atoms with Gasteiger partial charge in [-0.15, -0.1) is 0 Å². The summed E-state index contributed by atoms with van der Waals surface area (Å²) in [5.41, 5.74) is 3.56. The van der Waals surface area contributed by atoms with Crippen LogP contribution in [0.2, 0.25) is 0 Å². The van der Waals surface area contributed by atoms with Crippen molar-refractivity contribution in [2.45, 2.75) is 26.8 Å². The summed E-state index contributed by atoms with van der Waals surface area (Å²) in [7, 11) is -3.53. The fourth-order valence-electron chi connectivity index (χ4n) is 2.62. The Kier molecular flexibility index (Phi) is 6.97. The molecule has 1 amide bonds. The molecule has 7 heteroatoms. The summed E-state index contributed by atoms with van der Waals surface area (Å²) < 4.78 is 26.3.